The molecular formula is C18H24N2. The van der Waals surface area contributed by atoms with Gasteiger partial charge >= 0.3 is 0 Å². The van der Waals surface area contributed by atoms with E-state index in [2.05, 4.69) is 34.9 Å². The summed E-state index contributed by atoms with van der Waals surface area (Å²) >= 11 is 0. The van der Waals surface area contributed by atoms with Gasteiger partial charge in [0.2, 0.25) is 0 Å². The van der Waals surface area contributed by atoms with E-state index in [-0.39, 0.29) is 0 Å². The Morgan fingerprint density at radius 2 is 1.90 bits per heavy atom. The second kappa shape index (κ2) is 4.32. The third-order valence-electron chi connectivity index (χ3n) is 6.51. The van der Waals surface area contributed by atoms with Gasteiger partial charge in [-0.3, -0.25) is 0 Å². The first kappa shape index (κ1) is 11.8. The van der Waals surface area contributed by atoms with Crippen LogP contribution in [0.25, 0.3) is 0 Å². The highest BCUT2D eigenvalue weighted by atomic mass is 15.1. The first-order valence-electron chi connectivity index (χ1n) is 8.46. The molecule has 0 radical (unpaired) electrons. The van der Waals surface area contributed by atoms with Crippen LogP contribution in [0.2, 0.25) is 0 Å². The second-order valence-corrected chi connectivity index (χ2v) is 7.38. The van der Waals surface area contributed by atoms with E-state index in [1.54, 1.807) is 12.0 Å². The molecule has 1 aromatic carbocycles. The number of rotatable bonds is 3. The van der Waals surface area contributed by atoms with E-state index in [4.69, 9.17) is 0 Å². The van der Waals surface area contributed by atoms with Gasteiger partial charge in [0, 0.05) is 18.6 Å². The molecule has 1 aromatic rings. The van der Waals surface area contributed by atoms with Crippen molar-refractivity contribution in [3.63, 3.8) is 0 Å². The molecule has 5 atom stereocenters. The third kappa shape index (κ3) is 1.64. The molecule has 1 heterocycles. The van der Waals surface area contributed by atoms with Gasteiger partial charge in [-0.05, 0) is 67.0 Å². The molecule has 2 N–H and O–H groups in total. The van der Waals surface area contributed by atoms with Crippen molar-refractivity contribution in [3.05, 3.63) is 35.4 Å². The zero-order chi connectivity index (χ0) is 13.1. The van der Waals surface area contributed by atoms with E-state index in [0.717, 1.165) is 42.8 Å². The molecule has 1 aliphatic heterocycles. The van der Waals surface area contributed by atoms with Crippen LogP contribution in [0.15, 0.2) is 24.3 Å². The van der Waals surface area contributed by atoms with E-state index in [9.17, 15) is 0 Å². The van der Waals surface area contributed by atoms with Gasteiger partial charge in [-0.15, -0.1) is 0 Å². The van der Waals surface area contributed by atoms with E-state index in [0.29, 0.717) is 6.04 Å². The van der Waals surface area contributed by atoms with Crippen LogP contribution in [0.5, 0.6) is 0 Å². The predicted octanol–water partition coefficient (Wildman–Crippen LogP) is 2.51. The highest BCUT2D eigenvalue weighted by Crippen LogP contribution is 2.65. The minimum atomic E-state index is 0.527. The van der Waals surface area contributed by atoms with Crippen LogP contribution in [0, 0.1) is 23.7 Å². The van der Waals surface area contributed by atoms with Crippen molar-refractivity contribution in [2.75, 3.05) is 13.1 Å². The number of nitrogens with one attached hydrogen (secondary N) is 2. The van der Waals surface area contributed by atoms with Crippen molar-refractivity contribution < 1.29 is 0 Å². The Hall–Kier alpha value is -0.860. The SMILES string of the molecule is c1ccc2c(c1)CCNC2CNC1C2C3CCC(C3)C12. The fraction of sp³-hybridized carbons (Fsp3) is 0.667. The number of hydrogen-bond donors (Lipinski definition) is 2. The van der Waals surface area contributed by atoms with Crippen molar-refractivity contribution in [2.45, 2.75) is 37.8 Å². The quantitative estimate of drug-likeness (QED) is 0.880. The molecule has 20 heavy (non-hydrogen) atoms. The summed E-state index contributed by atoms with van der Waals surface area (Å²) in [5.74, 6) is 4.25. The van der Waals surface area contributed by atoms with Crippen LogP contribution < -0.4 is 10.6 Å². The molecule has 106 valence electrons. The summed E-state index contributed by atoms with van der Waals surface area (Å²) in [7, 11) is 0. The van der Waals surface area contributed by atoms with Crippen LogP contribution in [-0.4, -0.2) is 19.1 Å². The molecule has 5 rings (SSSR count). The molecule has 3 aliphatic carbocycles. The highest BCUT2D eigenvalue weighted by molar-refractivity contribution is 5.32. The minimum absolute atomic E-state index is 0.527. The first-order chi connectivity index (χ1) is 9.92. The maximum Gasteiger partial charge on any atom is 0.0449 e. The molecule has 2 heteroatoms. The predicted molar refractivity (Wildman–Crippen MR) is 80.5 cm³/mol. The highest BCUT2D eigenvalue weighted by Gasteiger charge is 2.64. The summed E-state index contributed by atoms with van der Waals surface area (Å²) < 4.78 is 0. The van der Waals surface area contributed by atoms with E-state index >= 15 is 0 Å². The lowest BCUT2D eigenvalue weighted by molar-refractivity contribution is 0.418. The molecule has 5 unspecified atom stereocenters. The van der Waals surface area contributed by atoms with Crippen LogP contribution in [0.3, 0.4) is 0 Å². The van der Waals surface area contributed by atoms with Gasteiger partial charge in [0.1, 0.15) is 0 Å². The van der Waals surface area contributed by atoms with E-state index < -0.39 is 0 Å². The lowest BCUT2D eigenvalue weighted by Gasteiger charge is -2.27. The standard InChI is InChI=1S/C18H24N2/c1-2-4-14-11(3-1)7-8-19-15(14)10-20-18-16-12-5-6-13(9-12)17(16)18/h1-4,12-13,15-20H,5-10H2. The van der Waals surface area contributed by atoms with Gasteiger partial charge in [0.05, 0.1) is 0 Å². The number of fused-ring (bicyclic) bond motifs is 6. The second-order valence-electron chi connectivity index (χ2n) is 7.38. The third-order valence-corrected chi connectivity index (χ3v) is 6.51. The summed E-state index contributed by atoms with van der Waals surface area (Å²) in [5.41, 5.74) is 3.08. The van der Waals surface area contributed by atoms with Crippen molar-refractivity contribution in [1.82, 2.24) is 10.6 Å². The van der Waals surface area contributed by atoms with Gasteiger partial charge in [-0.1, -0.05) is 24.3 Å². The monoisotopic (exact) mass is 268 g/mol. The van der Waals surface area contributed by atoms with Crippen LogP contribution in [0.4, 0.5) is 0 Å². The Balaban J connectivity index is 1.26. The minimum Gasteiger partial charge on any atom is -0.311 e. The van der Waals surface area contributed by atoms with Gasteiger partial charge in [0.25, 0.3) is 0 Å². The Bertz CT molecular complexity index is 510. The first-order valence-corrected chi connectivity index (χ1v) is 8.46. The molecule has 3 saturated carbocycles. The fourth-order valence-corrected chi connectivity index (χ4v) is 5.63. The molecule has 0 saturated heterocycles. The molecule has 0 spiro atoms. The van der Waals surface area contributed by atoms with Gasteiger partial charge < -0.3 is 10.6 Å². The van der Waals surface area contributed by atoms with E-state index in [1.165, 1.54) is 24.8 Å². The van der Waals surface area contributed by atoms with E-state index in [1.807, 2.05) is 0 Å². The molecule has 3 fully saturated rings. The average molecular weight is 268 g/mol. The van der Waals surface area contributed by atoms with Gasteiger partial charge in [-0.2, -0.15) is 0 Å². The van der Waals surface area contributed by atoms with Crippen LogP contribution in [0.1, 0.15) is 36.4 Å². The topological polar surface area (TPSA) is 24.1 Å². The van der Waals surface area contributed by atoms with Gasteiger partial charge in [-0.25, -0.2) is 0 Å². The summed E-state index contributed by atoms with van der Waals surface area (Å²) in [4.78, 5) is 0. The summed E-state index contributed by atoms with van der Waals surface area (Å²) in [6.07, 6.45) is 5.78. The maximum atomic E-state index is 3.91. The van der Waals surface area contributed by atoms with Gasteiger partial charge in [0.15, 0.2) is 0 Å². The Labute approximate surface area is 121 Å². The molecule has 2 bridgehead atoms. The van der Waals surface area contributed by atoms with Crippen molar-refractivity contribution >= 4 is 0 Å². The smallest absolute Gasteiger partial charge is 0.0449 e. The molecule has 0 aromatic heterocycles. The van der Waals surface area contributed by atoms with Crippen LogP contribution in [-0.2, 0) is 6.42 Å². The lowest BCUT2D eigenvalue weighted by Crippen LogP contribution is -2.38. The lowest BCUT2D eigenvalue weighted by atomic mass is 9.94. The summed E-state index contributed by atoms with van der Waals surface area (Å²) in [6, 6.07) is 10.4. The molecule has 2 nitrogen and oxygen atoms in total. The summed E-state index contributed by atoms with van der Waals surface area (Å²) in [5, 5.41) is 7.61. The fourth-order valence-electron chi connectivity index (χ4n) is 5.63. The Morgan fingerprint density at radius 1 is 1.10 bits per heavy atom. The molecular weight excluding hydrogens is 244 g/mol. The van der Waals surface area contributed by atoms with Crippen molar-refractivity contribution in [2.24, 2.45) is 23.7 Å². The summed E-state index contributed by atoms with van der Waals surface area (Å²) in [6.45, 7) is 2.25. The maximum absolute atomic E-state index is 3.91. The number of hydrogen-bond acceptors (Lipinski definition) is 2. The Morgan fingerprint density at radius 3 is 2.75 bits per heavy atom. The van der Waals surface area contributed by atoms with Crippen LogP contribution >= 0.6 is 0 Å². The van der Waals surface area contributed by atoms with Crippen molar-refractivity contribution in [1.29, 1.82) is 0 Å². The Kier molecular flexibility index (Phi) is 2.54. The molecule has 0 amide bonds. The van der Waals surface area contributed by atoms with Crippen molar-refractivity contribution in [3.8, 4) is 0 Å². The largest absolute Gasteiger partial charge is 0.311 e. The average Bonchev–Trinajstić information content (AvgIpc) is 2.88. The zero-order valence-corrected chi connectivity index (χ0v) is 12.0. The zero-order valence-electron chi connectivity index (χ0n) is 12.0. The molecule has 4 aliphatic rings. The normalized spacial score (nSPS) is 44.2. The number of benzene rings is 1.